The van der Waals surface area contributed by atoms with Crippen molar-refractivity contribution in [3.05, 3.63) is 66.2 Å². The third kappa shape index (κ3) is 3.40. The van der Waals surface area contributed by atoms with E-state index in [1.165, 1.54) is 0 Å². The zero-order chi connectivity index (χ0) is 22.2. The van der Waals surface area contributed by atoms with E-state index >= 15 is 0 Å². The van der Waals surface area contributed by atoms with E-state index in [9.17, 15) is 4.79 Å². The molecule has 9 nitrogen and oxygen atoms in total. The molecule has 1 aliphatic heterocycles. The van der Waals surface area contributed by atoms with Crippen molar-refractivity contribution in [1.82, 2.24) is 34.4 Å². The van der Waals surface area contributed by atoms with Gasteiger partial charge in [-0.2, -0.15) is 5.10 Å². The van der Waals surface area contributed by atoms with E-state index in [-0.39, 0.29) is 11.9 Å². The summed E-state index contributed by atoms with van der Waals surface area (Å²) in [4.78, 5) is 17.1. The number of nitrogens with zero attached hydrogens (tertiary/aromatic N) is 7. The highest BCUT2D eigenvalue weighted by molar-refractivity contribution is 5.92. The first-order valence-corrected chi connectivity index (χ1v) is 10.5. The van der Waals surface area contributed by atoms with Gasteiger partial charge in [0.2, 0.25) is 0 Å². The van der Waals surface area contributed by atoms with Gasteiger partial charge in [0, 0.05) is 50.2 Å². The summed E-state index contributed by atoms with van der Waals surface area (Å²) >= 11 is 0. The van der Waals surface area contributed by atoms with Gasteiger partial charge < -0.3 is 9.64 Å². The zero-order valence-corrected chi connectivity index (χ0v) is 18.3. The molecule has 9 heteroatoms. The van der Waals surface area contributed by atoms with Crippen LogP contribution >= 0.6 is 0 Å². The Balaban J connectivity index is 1.46. The molecule has 1 aliphatic rings. The van der Waals surface area contributed by atoms with Gasteiger partial charge in [-0.3, -0.25) is 14.4 Å². The topological polar surface area (TPSA) is 80.8 Å². The Labute approximate surface area is 185 Å². The lowest BCUT2D eigenvalue weighted by atomic mass is 10.0. The van der Waals surface area contributed by atoms with E-state index in [2.05, 4.69) is 33.4 Å². The van der Waals surface area contributed by atoms with Gasteiger partial charge >= 0.3 is 0 Å². The van der Waals surface area contributed by atoms with Crippen molar-refractivity contribution in [1.29, 1.82) is 0 Å². The van der Waals surface area contributed by atoms with Gasteiger partial charge in [0.05, 0.1) is 18.7 Å². The number of carbonyl (C=O) groups is 1. The lowest BCUT2D eigenvalue weighted by Crippen LogP contribution is -2.49. The van der Waals surface area contributed by atoms with Crippen LogP contribution in [0.2, 0.25) is 0 Å². The van der Waals surface area contributed by atoms with Crippen LogP contribution in [0.5, 0.6) is 5.75 Å². The maximum absolute atomic E-state index is 13.0. The Kier molecular flexibility index (Phi) is 5.10. The Morgan fingerprint density at radius 2 is 1.94 bits per heavy atom. The molecule has 0 N–H and O–H groups in total. The van der Waals surface area contributed by atoms with Crippen LogP contribution in [0.3, 0.4) is 0 Å². The van der Waals surface area contributed by atoms with Crippen molar-refractivity contribution in [2.75, 3.05) is 33.8 Å². The number of aryl methyl sites for hydroxylation is 1. The number of aromatic nitrogens is 5. The molecule has 1 saturated heterocycles. The van der Waals surface area contributed by atoms with Crippen LogP contribution in [-0.4, -0.2) is 74.1 Å². The minimum atomic E-state index is -0.0458. The van der Waals surface area contributed by atoms with Crippen LogP contribution in [0.15, 0.2) is 54.9 Å². The number of hydrogen-bond acceptors (Lipinski definition) is 6. The lowest BCUT2D eigenvalue weighted by Gasteiger charge is -2.38. The summed E-state index contributed by atoms with van der Waals surface area (Å²) < 4.78 is 8.92. The predicted octanol–water partition coefficient (Wildman–Crippen LogP) is 2.27. The minimum Gasteiger partial charge on any atom is -0.496 e. The molecule has 0 spiro atoms. The fourth-order valence-electron chi connectivity index (χ4n) is 4.29. The van der Waals surface area contributed by atoms with Crippen LogP contribution < -0.4 is 4.74 Å². The molecule has 4 heterocycles. The molecule has 0 unspecified atom stereocenters. The molecular formula is C23H25N7O2. The molecule has 3 aromatic heterocycles. The normalized spacial score (nSPS) is 17.1. The Morgan fingerprint density at radius 1 is 1.09 bits per heavy atom. The van der Waals surface area contributed by atoms with Crippen molar-refractivity contribution in [2.24, 2.45) is 7.05 Å². The smallest absolute Gasteiger partial charge is 0.272 e. The summed E-state index contributed by atoms with van der Waals surface area (Å²) in [6.07, 6.45) is 3.61. The minimum absolute atomic E-state index is 0.0157. The first-order chi connectivity index (χ1) is 15.6. The lowest BCUT2D eigenvalue weighted by molar-refractivity contribution is 0.0531. The number of piperazine rings is 1. The molecule has 0 saturated carbocycles. The Morgan fingerprint density at radius 3 is 2.72 bits per heavy atom. The van der Waals surface area contributed by atoms with Crippen LogP contribution in [0, 0.1) is 0 Å². The number of carbonyl (C=O) groups excluding carboxylic acids is 1. The average Bonchev–Trinajstić information content (AvgIpc) is 3.44. The largest absolute Gasteiger partial charge is 0.496 e. The number of likely N-dealkylation sites (N-methyl/N-ethyl adjacent to an activating group) is 1. The average molecular weight is 432 g/mol. The maximum atomic E-state index is 13.0. The number of hydrogen-bond donors (Lipinski definition) is 0. The number of benzene rings is 1. The summed E-state index contributed by atoms with van der Waals surface area (Å²) in [6, 6.07) is 13.7. The van der Waals surface area contributed by atoms with Crippen LogP contribution in [-0.2, 0) is 7.05 Å². The Hall–Kier alpha value is -3.72. The van der Waals surface area contributed by atoms with E-state index in [0.717, 1.165) is 34.6 Å². The van der Waals surface area contributed by atoms with Gasteiger partial charge in [0.1, 0.15) is 17.1 Å². The monoisotopic (exact) mass is 431 g/mol. The summed E-state index contributed by atoms with van der Waals surface area (Å²) in [5.41, 5.74) is 4.37. The number of rotatable bonds is 4. The summed E-state index contributed by atoms with van der Waals surface area (Å²) in [5.74, 6) is 0.793. The number of methoxy groups -OCH3 is 1. The second-order valence-corrected chi connectivity index (χ2v) is 8.01. The van der Waals surface area contributed by atoms with E-state index in [4.69, 9.17) is 4.74 Å². The fourth-order valence-corrected chi connectivity index (χ4v) is 4.29. The van der Waals surface area contributed by atoms with Gasteiger partial charge in [-0.15, -0.1) is 5.10 Å². The van der Waals surface area contributed by atoms with E-state index in [1.807, 2.05) is 41.4 Å². The van der Waals surface area contributed by atoms with Gasteiger partial charge in [-0.1, -0.05) is 29.5 Å². The number of fused-ring (bicyclic) bond motifs is 1. The first-order valence-electron chi connectivity index (χ1n) is 10.5. The Bertz CT molecular complexity index is 1280. The molecule has 0 radical (unpaired) electrons. The van der Waals surface area contributed by atoms with Gasteiger partial charge in [-0.25, -0.2) is 4.52 Å². The maximum Gasteiger partial charge on any atom is 0.272 e. The van der Waals surface area contributed by atoms with E-state index < -0.39 is 0 Å². The van der Waals surface area contributed by atoms with Crippen LogP contribution in [0.25, 0.3) is 16.6 Å². The molecule has 0 aliphatic carbocycles. The van der Waals surface area contributed by atoms with Crippen molar-refractivity contribution in [2.45, 2.75) is 6.04 Å². The highest BCUT2D eigenvalue weighted by Crippen LogP contribution is 2.31. The third-order valence-corrected chi connectivity index (χ3v) is 6.15. The van der Waals surface area contributed by atoms with Crippen molar-refractivity contribution >= 4 is 11.4 Å². The standard InChI is InChI=1S/C23H25N7O2/c1-27-12-13-29(23(31)19-10-11-24-28(19)2)15-20(27)22-18-9-8-16(14-30(18)26-25-22)17-6-4-5-7-21(17)32-3/h4-11,14,20H,12-13,15H2,1-3H3/t20-/m1/s1. The van der Waals surface area contributed by atoms with Crippen LogP contribution in [0.1, 0.15) is 22.2 Å². The third-order valence-electron chi connectivity index (χ3n) is 6.15. The zero-order valence-electron chi connectivity index (χ0n) is 18.3. The molecular weight excluding hydrogens is 406 g/mol. The molecule has 1 amide bonds. The molecule has 1 atom stereocenters. The predicted molar refractivity (Wildman–Crippen MR) is 119 cm³/mol. The number of pyridine rings is 1. The molecule has 164 valence electrons. The van der Waals surface area contributed by atoms with Crippen molar-refractivity contribution < 1.29 is 9.53 Å². The molecule has 0 bridgehead atoms. The summed E-state index contributed by atoms with van der Waals surface area (Å²) in [6.45, 7) is 1.96. The second kappa shape index (κ2) is 8.08. The highest BCUT2D eigenvalue weighted by Gasteiger charge is 2.32. The van der Waals surface area contributed by atoms with Crippen LogP contribution in [0.4, 0.5) is 0 Å². The molecule has 1 fully saturated rings. The highest BCUT2D eigenvalue weighted by atomic mass is 16.5. The van der Waals surface area contributed by atoms with E-state index in [0.29, 0.717) is 18.8 Å². The number of para-hydroxylation sites is 1. The number of ether oxygens (including phenoxy) is 1. The molecule has 4 aromatic rings. The van der Waals surface area contributed by atoms with Gasteiger partial charge in [-0.05, 0) is 25.2 Å². The summed E-state index contributed by atoms with van der Waals surface area (Å²) in [7, 11) is 5.51. The summed E-state index contributed by atoms with van der Waals surface area (Å²) in [5, 5.41) is 13.0. The van der Waals surface area contributed by atoms with Gasteiger partial charge in [0.25, 0.3) is 5.91 Å². The quantitative estimate of drug-likeness (QED) is 0.493. The van der Waals surface area contributed by atoms with Crippen molar-refractivity contribution in [3.63, 3.8) is 0 Å². The number of amides is 1. The SMILES string of the molecule is COc1ccccc1-c1ccc2c([C@H]3CN(C(=O)c4ccnn4C)CCN3C)nnn2c1. The molecule has 32 heavy (non-hydrogen) atoms. The molecule has 5 rings (SSSR count). The molecule has 1 aromatic carbocycles. The van der Waals surface area contributed by atoms with Gasteiger partial charge in [0.15, 0.2) is 0 Å². The van der Waals surface area contributed by atoms with E-state index in [1.54, 1.807) is 35.6 Å². The second-order valence-electron chi connectivity index (χ2n) is 8.01. The van der Waals surface area contributed by atoms with Crippen molar-refractivity contribution in [3.8, 4) is 16.9 Å². The first kappa shape index (κ1) is 20.2. The fraction of sp³-hybridized carbons (Fsp3) is 0.304.